The Morgan fingerprint density at radius 2 is 2.00 bits per heavy atom. The molecule has 0 unspecified atom stereocenters. The third kappa shape index (κ3) is 5.16. The minimum Gasteiger partial charge on any atom is -0.308 e. The first-order chi connectivity index (χ1) is 12.3. The van der Waals surface area contributed by atoms with Gasteiger partial charge in [0.15, 0.2) is 5.16 Å². The van der Waals surface area contributed by atoms with Gasteiger partial charge in [0.25, 0.3) is 0 Å². The SMILES string of the molecule is N#CCCN(C(=O)CSc1nccc(C(F)(F)F)n1)c1ccccc1F. The van der Waals surface area contributed by atoms with Crippen LogP contribution in [0.15, 0.2) is 41.7 Å². The molecule has 2 rings (SSSR count). The van der Waals surface area contributed by atoms with Crippen LogP contribution in [0.25, 0.3) is 0 Å². The number of amides is 1. The monoisotopic (exact) mass is 384 g/mol. The van der Waals surface area contributed by atoms with Crippen LogP contribution in [0.3, 0.4) is 0 Å². The normalized spacial score (nSPS) is 11.0. The highest BCUT2D eigenvalue weighted by molar-refractivity contribution is 7.99. The summed E-state index contributed by atoms with van der Waals surface area (Å²) in [4.78, 5) is 20.5. The molecule has 0 aliphatic carbocycles. The maximum atomic E-state index is 13.9. The van der Waals surface area contributed by atoms with E-state index in [4.69, 9.17) is 5.26 Å². The number of nitriles is 1. The molecule has 0 aliphatic rings. The average Bonchev–Trinajstić information content (AvgIpc) is 2.61. The van der Waals surface area contributed by atoms with Crippen LogP contribution in [0, 0.1) is 17.1 Å². The molecule has 0 saturated heterocycles. The van der Waals surface area contributed by atoms with Crippen LogP contribution in [0.5, 0.6) is 0 Å². The van der Waals surface area contributed by atoms with Gasteiger partial charge >= 0.3 is 6.18 Å². The number of rotatable bonds is 6. The number of carbonyl (C=O) groups excluding carboxylic acids is 1. The smallest absolute Gasteiger partial charge is 0.308 e. The standard InChI is InChI=1S/C16H12F4N4OS/c17-11-4-1-2-5-12(11)24(9-3-7-21)14(25)10-26-15-22-8-6-13(23-15)16(18,19)20/h1-2,4-6,8H,3,9-10H2. The minimum absolute atomic E-state index is 0.00156. The first kappa shape index (κ1) is 19.7. The number of aromatic nitrogens is 2. The van der Waals surface area contributed by atoms with Crippen LogP contribution in [-0.4, -0.2) is 28.2 Å². The Balaban J connectivity index is 2.13. The lowest BCUT2D eigenvalue weighted by Crippen LogP contribution is -2.34. The fourth-order valence-corrected chi connectivity index (χ4v) is 2.69. The third-order valence-corrected chi connectivity index (χ3v) is 3.99. The number of anilines is 1. The molecule has 10 heteroatoms. The summed E-state index contributed by atoms with van der Waals surface area (Å²) < 4.78 is 51.9. The molecular weight excluding hydrogens is 372 g/mol. The topological polar surface area (TPSA) is 69.9 Å². The lowest BCUT2D eigenvalue weighted by Gasteiger charge is -2.22. The van der Waals surface area contributed by atoms with Crippen molar-refractivity contribution in [1.82, 2.24) is 9.97 Å². The second-order valence-corrected chi connectivity index (χ2v) is 5.86. The number of hydrogen-bond acceptors (Lipinski definition) is 5. The zero-order valence-corrected chi connectivity index (χ0v) is 14.0. The van der Waals surface area contributed by atoms with Gasteiger partial charge < -0.3 is 4.90 Å². The van der Waals surface area contributed by atoms with Gasteiger partial charge in [0, 0.05) is 12.7 Å². The summed E-state index contributed by atoms with van der Waals surface area (Å²) >= 11 is 0.702. The van der Waals surface area contributed by atoms with Gasteiger partial charge in [-0.2, -0.15) is 18.4 Å². The molecule has 136 valence electrons. The molecular formula is C16H12F4N4OS. The zero-order valence-electron chi connectivity index (χ0n) is 13.2. The van der Waals surface area contributed by atoms with E-state index in [1.807, 2.05) is 6.07 Å². The highest BCUT2D eigenvalue weighted by Gasteiger charge is 2.32. The van der Waals surface area contributed by atoms with Crippen molar-refractivity contribution in [2.24, 2.45) is 0 Å². The van der Waals surface area contributed by atoms with Gasteiger partial charge in [-0.25, -0.2) is 14.4 Å². The van der Waals surface area contributed by atoms with Gasteiger partial charge in [-0.15, -0.1) is 0 Å². The Kier molecular flexibility index (Phi) is 6.52. The molecule has 1 aromatic carbocycles. The van der Waals surface area contributed by atoms with Gasteiger partial charge in [0.2, 0.25) is 5.91 Å². The molecule has 0 fully saturated rings. The number of nitrogens with zero attached hydrogens (tertiary/aromatic N) is 4. The Morgan fingerprint density at radius 3 is 2.65 bits per heavy atom. The number of hydrogen-bond donors (Lipinski definition) is 0. The van der Waals surface area contributed by atoms with Crippen LogP contribution >= 0.6 is 11.8 Å². The number of alkyl halides is 3. The van der Waals surface area contributed by atoms with Crippen molar-refractivity contribution in [2.75, 3.05) is 17.2 Å². The van der Waals surface area contributed by atoms with Crippen LogP contribution in [0.2, 0.25) is 0 Å². The van der Waals surface area contributed by atoms with Crippen molar-refractivity contribution in [3.05, 3.63) is 48.0 Å². The maximum Gasteiger partial charge on any atom is 0.433 e. The third-order valence-electron chi connectivity index (χ3n) is 3.14. The van der Waals surface area contributed by atoms with Gasteiger partial charge in [-0.3, -0.25) is 4.79 Å². The molecule has 2 aromatic rings. The van der Waals surface area contributed by atoms with Crippen molar-refractivity contribution in [2.45, 2.75) is 17.8 Å². The Morgan fingerprint density at radius 1 is 1.27 bits per heavy atom. The van der Waals surface area contributed by atoms with E-state index in [-0.39, 0.29) is 29.6 Å². The largest absolute Gasteiger partial charge is 0.433 e. The average molecular weight is 384 g/mol. The van der Waals surface area contributed by atoms with Crippen LogP contribution < -0.4 is 4.90 Å². The fourth-order valence-electron chi connectivity index (χ4n) is 1.98. The highest BCUT2D eigenvalue weighted by atomic mass is 32.2. The molecule has 26 heavy (non-hydrogen) atoms. The predicted octanol–water partition coefficient (Wildman–Crippen LogP) is 3.67. The number of thioether (sulfide) groups is 1. The summed E-state index contributed by atoms with van der Waals surface area (Å²) in [5.74, 6) is -1.52. The summed E-state index contributed by atoms with van der Waals surface area (Å²) in [5.41, 5.74) is -1.11. The second kappa shape index (κ2) is 8.62. The maximum absolute atomic E-state index is 13.9. The van der Waals surface area contributed by atoms with E-state index in [0.717, 1.165) is 17.2 Å². The summed E-state index contributed by atoms with van der Waals surface area (Å²) in [5, 5.41) is 8.49. The quantitative estimate of drug-likeness (QED) is 0.432. The number of carbonyl (C=O) groups is 1. The van der Waals surface area contributed by atoms with Crippen molar-refractivity contribution in [3.8, 4) is 6.07 Å². The Bertz CT molecular complexity index is 822. The molecule has 0 saturated carbocycles. The van der Waals surface area contributed by atoms with E-state index in [9.17, 15) is 22.4 Å². The van der Waals surface area contributed by atoms with E-state index in [1.165, 1.54) is 24.3 Å². The molecule has 5 nitrogen and oxygen atoms in total. The summed E-state index contributed by atoms with van der Waals surface area (Å²) in [6.07, 6.45) is -3.69. The Labute approximate surface area is 150 Å². The molecule has 1 heterocycles. The van der Waals surface area contributed by atoms with Crippen molar-refractivity contribution in [1.29, 1.82) is 5.26 Å². The summed E-state index contributed by atoms with van der Waals surface area (Å²) in [7, 11) is 0. The van der Waals surface area contributed by atoms with Crippen molar-refractivity contribution in [3.63, 3.8) is 0 Å². The molecule has 1 aromatic heterocycles. The summed E-state index contributed by atoms with van der Waals surface area (Å²) in [6, 6.07) is 8.14. The first-order valence-electron chi connectivity index (χ1n) is 7.28. The lowest BCUT2D eigenvalue weighted by atomic mass is 10.2. The van der Waals surface area contributed by atoms with E-state index < -0.39 is 23.6 Å². The van der Waals surface area contributed by atoms with Gasteiger partial charge in [0.05, 0.1) is 23.9 Å². The number of halogens is 4. The molecule has 0 aliphatic heterocycles. The van der Waals surface area contributed by atoms with Gasteiger partial charge in [0.1, 0.15) is 11.5 Å². The van der Waals surface area contributed by atoms with Crippen LogP contribution in [-0.2, 0) is 11.0 Å². The zero-order chi connectivity index (χ0) is 19.2. The van der Waals surface area contributed by atoms with Gasteiger partial charge in [-0.05, 0) is 18.2 Å². The molecule has 0 bridgehead atoms. The summed E-state index contributed by atoms with van der Waals surface area (Å²) in [6.45, 7) is -0.0414. The van der Waals surface area contributed by atoms with E-state index >= 15 is 0 Å². The molecule has 1 amide bonds. The Hall–Kier alpha value is -2.67. The highest BCUT2D eigenvalue weighted by Crippen LogP contribution is 2.28. The predicted molar refractivity (Wildman–Crippen MR) is 86.7 cm³/mol. The first-order valence-corrected chi connectivity index (χ1v) is 8.26. The van der Waals surface area contributed by atoms with Crippen molar-refractivity contribution < 1.29 is 22.4 Å². The molecule has 0 atom stereocenters. The molecule has 0 radical (unpaired) electrons. The van der Waals surface area contributed by atoms with Crippen LogP contribution in [0.4, 0.5) is 23.2 Å². The van der Waals surface area contributed by atoms with Gasteiger partial charge in [-0.1, -0.05) is 23.9 Å². The fraction of sp³-hybridized carbons (Fsp3) is 0.250. The number of para-hydroxylation sites is 1. The lowest BCUT2D eigenvalue weighted by molar-refractivity contribution is -0.141. The van der Waals surface area contributed by atoms with Crippen molar-refractivity contribution >= 4 is 23.4 Å². The minimum atomic E-state index is -4.62. The van der Waals surface area contributed by atoms with E-state index in [0.29, 0.717) is 11.8 Å². The molecule has 0 N–H and O–H groups in total. The molecule has 0 spiro atoms. The second-order valence-electron chi connectivity index (χ2n) is 4.92. The van der Waals surface area contributed by atoms with E-state index in [2.05, 4.69) is 9.97 Å². The van der Waals surface area contributed by atoms with E-state index in [1.54, 1.807) is 0 Å². The number of benzene rings is 1. The van der Waals surface area contributed by atoms with Crippen LogP contribution in [0.1, 0.15) is 12.1 Å².